The fraction of sp³-hybridized carbons (Fsp3) is 0.200. The molecule has 0 bridgehead atoms. The van der Waals surface area contributed by atoms with E-state index >= 15 is 0 Å². The molecule has 0 radical (unpaired) electrons. The van der Waals surface area contributed by atoms with E-state index in [1.807, 2.05) is 0 Å². The van der Waals surface area contributed by atoms with E-state index in [2.05, 4.69) is 14.5 Å². The molecule has 6 heteroatoms. The predicted molar refractivity (Wildman–Crippen MR) is 32.4 cm³/mol. The van der Waals surface area contributed by atoms with Gasteiger partial charge in [-0.25, -0.2) is 10.7 Å². The minimum Gasteiger partial charge on any atom is -0.478 e. The van der Waals surface area contributed by atoms with Crippen molar-refractivity contribution in [3.05, 3.63) is 17.5 Å². The topological polar surface area (TPSA) is 98.6 Å². The lowest BCUT2D eigenvalue weighted by atomic mass is 10.3. The van der Waals surface area contributed by atoms with Crippen molar-refractivity contribution in [3.8, 4) is 0 Å². The summed E-state index contributed by atoms with van der Waals surface area (Å²) in [7, 11) is 0. The second-order valence-electron chi connectivity index (χ2n) is 1.78. The van der Waals surface area contributed by atoms with Crippen molar-refractivity contribution in [2.24, 2.45) is 5.90 Å². The minimum atomic E-state index is -1.11. The van der Waals surface area contributed by atoms with Crippen molar-refractivity contribution in [1.82, 2.24) is 5.16 Å². The highest BCUT2D eigenvalue weighted by molar-refractivity contribution is 5.88. The number of hydrogen-bond donors (Lipinski definition) is 2. The Bertz CT molecular complexity index is 257. The standard InChI is InChI=1S/C5H6N2O4/c6-10-2-4-3(5(8)9)1-7-11-4/h1H,2,6H2,(H,8,9). The van der Waals surface area contributed by atoms with Crippen LogP contribution in [0.5, 0.6) is 0 Å². The molecule has 1 rings (SSSR count). The predicted octanol–water partition coefficient (Wildman–Crippen LogP) is -0.237. The molecule has 0 spiro atoms. The van der Waals surface area contributed by atoms with E-state index in [4.69, 9.17) is 11.0 Å². The van der Waals surface area contributed by atoms with E-state index in [1.165, 1.54) is 0 Å². The van der Waals surface area contributed by atoms with Gasteiger partial charge in [-0.05, 0) is 0 Å². The van der Waals surface area contributed by atoms with E-state index in [1.54, 1.807) is 0 Å². The maximum atomic E-state index is 10.4. The van der Waals surface area contributed by atoms with Gasteiger partial charge in [0.25, 0.3) is 0 Å². The number of hydrogen-bond acceptors (Lipinski definition) is 5. The lowest BCUT2D eigenvalue weighted by Gasteiger charge is -1.92. The van der Waals surface area contributed by atoms with Gasteiger partial charge in [-0.2, -0.15) is 0 Å². The molecule has 0 saturated carbocycles. The fourth-order valence-electron chi connectivity index (χ4n) is 0.618. The van der Waals surface area contributed by atoms with Crippen molar-refractivity contribution in [2.75, 3.05) is 0 Å². The Balaban J connectivity index is 2.87. The highest BCUT2D eigenvalue weighted by Gasteiger charge is 2.14. The third-order valence-electron chi connectivity index (χ3n) is 1.09. The van der Waals surface area contributed by atoms with Crippen molar-refractivity contribution in [3.63, 3.8) is 0 Å². The zero-order valence-corrected chi connectivity index (χ0v) is 5.48. The van der Waals surface area contributed by atoms with E-state index in [0.29, 0.717) is 0 Å². The van der Waals surface area contributed by atoms with Crippen LogP contribution in [0.2, 0.25) is 0 Å². The number of carboxylic acids is 1. The first-order valence-electron chi connectivity index (χ1n) is 2.74. The molecule has 0 aliphatic heterocycles. The summed E-state index contributed by atoms with van der Waals surface area (Å²) in [4.78, 5) is 14.5. The maximum Gasteiger partial charge on any atom is 0.341 e. The first-order chi connectivity index (χ1) is 5.25. The molecule has 1 aromatic rings. The van der Waals surface area contributed by atoms with Crippen LogP contribution in [0.25, 0.3) is 0 Å². The number of carboxylic acid groups (broad SMARTS) is 1. The normalized spacial score (nSPS) is 9.91. The lowest BCUT2D eigenvalue weighted by Crippen LogP contribution is -2.03. The average Bonchev–Trinajstić information content (AvgIpc) is 2.36. The van der Waals surface area contributed by atoms with Gasteiger partial charge in [-0.3, -0.25) is 4.84 Å². The maximum absolute atomic E-state index is 10.4. The van der Waals surface area contributed by atoms with Crippen molar-refractivity contribution >= 4 is 5.97 Å². The highest BCUT2D eigenvalue weighted by Crippen LogP contribution is 2.07. The van der Waals surface area contributed by atoms with E-state index in [-0.39, 0.29) is 17.9 Å². The Morgan fingerprint density at radius 3 is 3.18 bits per heavy atom. The molecule has 1 aromatic heterocycles. The zero-order chi connectivity index (χ0) is 8.27. The van der Waals surface area contributed by atoms with Crippen LogP contribution in [0.15, 0.2) is 10.7 Å². The Hall–Kier alpha value is -1.40. The van der Waals surface area contributed by atoms with Crippen LogP contribution in [0.4, 0.5) is 0 Å². The first-order valence-corrected chi connectivity index (χ1v) is 2.74. The number of nitrogens with two attached hydrogens (primary N) is 1. The molecule has 1 heterocycles. The van der Waals surface area contributed by atoms with E-state index in [9.17, 15) is 4.79 Å². The van der Waals surface area contributed by atoms with Crippen molar-refractivity contribution in [1.29, 1.82) is 0 Å². The van der Waals surface area contributed by atoms with Crippen LogP contribution in [-0.2, 0) is 11.4 Å². The smallest absolute Gasteiger partial charge is 0.341 e. The molecule has 0 aliphatic carbocycles. The van der Waals surface area contributed by atoms with E-state index < -0.39 is 5.97 Å². The van der Waals surface area contributed by atoms with Gasteiger partial charge < -0.3 is 9.63 Å². The first kappa shape index (κ1) is 7.70. The molecule has 0 atom stereocenters. The van der Waals surface area contributed by atoms with Gasteiger partial charge in [0.1, 0.15) is 12.2 Å². The minimum absolute atomic E-state index is 0.0320. The molecular weight excluding hydrogens is 152 g/mol. The summed E-state index contributed by atoms with van der Waals surface area (Å²) >= 11 is 0. The van der Waals surface area contributed by atoms with Crippen LogP contribution < -0.4 is 5.90 Å². The second kappa shape index (κ2) is 3.13. The Labute approximate surface area is 61.5 Å². The average molecular weight is 158 g/mol. The SMILES string of the molecule is NOCc1oncc1C(=O)O. The lowest BCUT2D eigenvalue weighted by molar-refractivity contribution is 0.0678. The summed E-state index contributed by atoms with van der Waals surface area (Å²) < 4.78 is 4.53. The van der Waals surface area contributed by atoms with Gasteiger partial charge in [0.15, 0.2) is 5.76 Å². The van der Waals surface area contributed by atoms with Gasteiger partial charge in [-0.15, -0.1) is 0 Å². The molecule has 11 heavy (non-hydrogen) atoms. The molecule has 0 unspecified atom stereocenters. The van der Waals surface area contributed by atoms with Crippen molar-refractivity contribution < 1.29 is 19.3 Å². The molecule has 0 fully saturated rings. The summed E-state index contributed by atoms with van der Waals surface area (Å²) in [6.07, 6.45) is 1.09. The molecule has 0 aromatic carbocycles. The molecule has 0 amide bonds. The number of carbonyl (C=O) groups is 1. The molecule has 3 N–H and O–H groups in total. The van der Waals surface area contributed by atoms with Crippen LogP contribution in [0, 0.1) is 0 Å². The monoisotopic (exact) mass is 158 g/mol. The van der Waals surface area contributed by atoms with Crippen LogP contribution >= 0.6 is 0 Å². The quantitative estimate of drug-likeness (QED) is 0.589. The summed E-state index contributed by atoms with van der Waals surface area (Å²) in [6, 6.07) is 0. The largest absolute Gasteiger partial charge is 0.478 e. The summed E-state index contributed by atoms with van der Waals surface area (Å²) in [5.74, 6) is 3.71. The Kier molecular flexibility index (Phi) is 2.19. The third kappa shape index (κ3) is 1.54. The van der Waals surface area contributed by atoms with Gasteiger partial charge in [0.05, 0.1) is 6.20 Å². The van der Waals surface area contributed by atoms with Crippen LogP contribution in [0.3, 0.4) is 0 Å². The molecule has 6 nitrogen and oxygen atoms in total. The third-order valence-corrected chi connectivity index (χ3v) is 1.09. The van der Waals surface area contributed by atoms with Crippen molar-refractivity contribution in [2.45, 2.75) is 6.61 Å². The number of nitrogens with zero attached hydrogens (tertiary/aromatic N) is 1. The van der Waals surface area contributed by atoms with E-state index in [0.717, 1.165) is 6.20 Å². The molecule has 60 valence electrons. The van der Waals surface area contributed by atoms with Crippen LogP contribution in [0.1, 0.15) is 16.1 Å². The molecular formula is C5H6N2O4. The number of aromatic carboxylic acids is 1. The fourth-order valence-corrected chi connectivity index (χ4v) is 0.618. The van der Waals surface area contributed by atoms with Crippen LogP contribution in [-0.4, -0.2) is 16.2 Å². The zero-order valence-electron chi connectivity index (χ0n) is 5.48. The number of rotatable bonds is 3. The summed E-state index contributed by atoms with van der Waals surface area (Å²) in [5, 5.41) is 11.8. The Morgan fingerprint density at radius 2 is 2.64 bits per heavy atom. The van der Waals surface area contributed by atoms with Gasteiger partial charge in [-0.1, -0.05) is 5.16 Å². The molecule has 0 saturated heterocycles. The van der Waals surface area contributed by atoms with Gasteiger partial charge >= 0.3 is 5.97 Å². The van der Waals surface area contributed by atoms with Gasteiger partial charge in [0, 0.05) is 0 Å². The summed E-state index contributed by atoms with van der Waals surface area (Å²) in [6.45, 7) is -0.0956. The molecule has 0 aliphatic rings. The highest BCUT2D eigenvalue weighted by atomic mass is 16.6. The van der Waals surface area contributed by atoms with Gasteiger partial charge in [0.2, 0.25) is 0 Å². The summed E-state index contributed by atoms with van der Waals surface area (Å²) in [5.41, 5.74) is -0.0320. The Morgan fingerprint density at radius 1 is 1.91 bits per heavy atom. The second-order valence-corrected chi connectivity index (χ2v) is 1.78. The number of aromatic nitrogens is 1.